The molecule has 238 valence electrons. The van der Waals surface area contributed by atoms with E-state index in [-0.39, 0.29) is 6.04 Å². The maximum atomic E-state index is 12.7. The lowest BCUT2D eigenvalue weighted by atomic mass is 10.0. The molecule has 45 heavy (non-hydrogen) atoms. The summed E-state index contributed by atoms with van der Waals surface area (Å²) in [4.78, 5) is 20.7. The zero-order valence-corrected chi connectivity index (χ0v) is 27.4. The van der Waals surface area contributed by atoms with Gasteiger partial charge in [-0.2, -0.15) is 4.98 Å². The number of rotatable bonds is 10. The van der Waals surface area contributed by atoms with E-state index in [1.807, 2.05) is 19.9 Å². The molecule has 0 amide bonds. The number of allylic oxidation sites excluding steroid dienone is 1. The van der Waals surface area contributed by atoms with Gasteiger partial charge in [0.25, 0.3) is 0 Å². The Kier molecular flexibility index (Phi) is 9.40. The first-order chi connectivity index (χ1) is 21.5. The number of piperidine rings is 1. The Morgan fingerprint density at radius 2 is 1.84 bits per heavy atom. The second kappa shape index (κ2) is 13.2. The van der Waals surface area contributed by atoms with E-state index in [9.17, 15) is 8.42 Å². The normalized spacial score (nSPS) is 13.9. The number of fused-ring (bicyclic) bond motifs is 1. The molecule has 0 bridgehead atoms. The summed E-state index contributed by atoms with van der Waals surface area (Å²) in [5.74, 6) is 1.50. The Morgan fingerprint density at radius 3 is 2.51 bits per heavy atom. The van der Waals surface area contributed by atoms with E-state index < -0.39 is 10.0 Å². The SMILES string of the molecule is CCc1cc(Nc2ncc(C=C(C)C)c(Nc3ccc4nccnc4c3N(C)S(C)(=O)=O)n2)c(OC)cc1N1CCC(N)CC1. The minimum absolute atomic E-state index is 0.244. The molecule has 2 aromatic heterocycles. The number of anilines is 6. The van der Waals surface area contributed by atoms with Crippen molar-refractivity contribution < 1.29 is 13.2 Å². The number of nitrogens with two attached hydrogens (primary N) is 1. The Balaban J connectivity index is 1.56. The van der Waals surface area contributed by atoms with Crippen molar-refractivity contribution in [2.75, 3.05) is 53.3 Å². The molecular weight excluding hydrogens is 590 g/mol. The van der Waals surface area contributed by atoms with Crippen LogP contribution in [0.1, 0.15) is 44.7 Å². The number of hydrogen-bond donors (Lipinski definition) is 3. The number of hydrogen-bond acceptors (Lipinski definition) is 11. The van der Waals surface area contributed by atoms with Gasteiger partial charge in [-0.15, -0.1) is 0 Å². The molecule has 0 unspecified atom stereocenters. The average molecular weight is 632 g/mol. The van der Waals surface area contributed by atoms with Crippen molar-refractivity contribution in [3.8, 4) is 5.75 Å². The van der Waals surface area contributed by atoms with Gasteiger partial charge in [0.15, 0.2) is 0 Å². The minimum Gasteiger partial charge on any atom is -0.494 e. The van der Waals surface area contributed by atoms with E-state index in [1.165, 1.54) is 23.1 Å². The molecule has 0 aliphatic carbocycles. The van der Waals surface area contributed by atoms with E-state index in [2.05, 4.69) is 49.5 Å². The van der Waals surface area contributed by atoms with Crippen molar-refractivity contribution in [3.63, 3.8) is 0 Å². The molecule has 12 nitrogen and oxygen atoms in total. The van der Waals surface area contributed by atoms with E-state index in [1.54, 1.807) is 31.6 Å². The van der Waals surface area contributed by atoms with Crippen molar-refractivity contribution in [1.82, 2.24) is 19.9 Å². The fourth-order valence-electron chi connectivity index (χ4n) is 5.42. The van der Waals surface area contributed by atoms with Gasteiger partial charge in [-0.3, -0.25) is 14.3 Å². The van der Waals surface area contributed by atoms with E-state index >= 15 is 0 Å². The summed E-state index contributed by atoms with van der Waals surface area (Å²) in [5.41, 5.74) is 12.9. The molecule has 4 N–H and O–H groups in total. The summed E-state index contributed by atoms with van der Waals surface area (Å²) in [6, 6.07) is 7.97. The molecule has 0 saturated carbocycles. The van der Waals surface area contributed by atoms with E-state index in [4.69, 9.17) is 15.5 Å². The predicted octanol–water partition coefficient (Wildman–Crippen LogP) is 5.22. The van der Waals surface area contributed by atoms with E-state index in [0.29, 0.717) is 39.9 Å². The molecule has 1 saturated heterocycles. The van der Waals surface area contributed by atoms with Crippen molar-refractivity contribution in [2.24, 2.45) is 5.73 Å². The number of methoxy groups -OCH3 is 1. The van der Waals surface area contributed by atoms with Crippen LogP contribution >= 0.6 is 0 Å². The lowest BCUT2D eigenvalue weighted by Crippen LogP contribution is -2.40. The molecule has 3 heterocycles. The second-order valence-electron chi connectivity index (χ2n) is 11.4. The summed E-state index contributed by atoms with van der Waals surface area (Å²) >= 11 is 0. The molecule has 1 fully saturated rings. The van der Waals surface area contributed by atoms with Crippen molar-refractivity contribution in [1.29, 1.82) is 0 Å². The van der Waals surface area contributed by atoms with Crippen LogP contribution in [0, 0.1) is 0 Å². The van der Waals surface area contributed by atoms with Crippen LogP contribution in [0.2, 0.25) is 0 Å². The largest absolute Gasteiger partial charge is 0.494 e. The highest BCUT2D eigenvalue weighted by molar-refractivity contribution is 7.92. The van der Waals surface area contributed by atoms with Crippen LogP contribution in [-0.2, 0) is 16.4 Å². The molecule has 2 aromatic carbocycles. The summed E-state index contributed by atoms with van der Waals surface area (Å²) in [5, 5.41) is 6.73. The Morgan fingerprint density at radius 1 is 1.11 bits per heavy atom. The van der Waals surface area contributed by atoms with Crippen LogP contribution in [0.4, 0.5) is 34.5 Å². The van der Waals surface area contributed by atoms with Crippen molar-refractivity contribution in [3.05, 3.63) is 59.6 Å². The molecule has 1 aliphatic heterocycles. The van der Waals surface area contributed by atoms with Gasteiger partial charge in [0.1, 0.15) is 22.8 Å². The third kappa shape index (κ3) is 7.10. The molecule has 0 spiro atoms. The number of nitrogens with zero attached hydrogens (tertiary/aromatic N) is 6. The van der Waals surface area contributed by atoms with Crippen LogP contribution in [-0.4, -0.2) is 67.9 Å². The van der Waals surface area contributed by atoms with Gasteiger partial charge in [-0.25, -0.2) is 13.4 Å². The molecule has 0 radical (unpaired) electrons. The molecule has 1 aliphatic rings. The third-order valence-corrected chi connectivity index (χ3v) is 9.03. The average Bonchev–Trinajstić information content (AvgIpc) is 3.01. The first kappa shape index (κ1) is 31.9. The number of aryl methyl sites for hydroxylation is 1. The maximum Gasteiger partial charge on any atom is 0.232 e. The standard InChI is InChI=1S/C32H41N9O3S/c1-7-21-17-26(28(44-5)18-27(21)41-14-10-23(33)11-15-41)38-32-36-19-22(16-20(2)3)31(39-32)37-25-9-8-24-29(35-13-12-34-24)30(25)40(4)45(6,42)43/h8-9,12-13,16-19,23H,7,10-11,14-15,33H2,1-6H3,(H2,36,37,38,39). The van der Waals surface area contributed by atoms with Gasteiger partial charge < -0.3 is 26.0 Å². The quantitative estimate of drug-likeness (QED) is 0.211. The second-order valence-corrected chi connectivity index (χ2v) is 13.5. The Labute approximate surface area is 264 Å². The van der Waals surface area contributed by atoms with Gasteiger partial charge in [0.05, 0.1) is 30.3 Å². The lowest BCUT2D eigenvalue weighted by Gasteiger charge is -2.34. The van der Waals surface area contributed by atoms with Gasteiger partial charge in [0, 0.05) is 62.1 Å². The number of sulfonamides is 1. The molecular formula is C32H41N9O3S. The molecule has 13 heteroatoms. The van der Waals surface area contributed by atoms with Gasteiger partial charge in [-0.05, 0) is 56.9 Å². The van der Waals surface area contributed by atoms with Gasteiger partial charge in [0.2, 0.25) is 16.0 Å². The van der Waals surface area contributed by atoms with Crippen LogP contribution in [0.15, 0.2) is 48.4 Å². The number of nitrogens with one attached hydrogen (secondary N) is 2. The zero-order chi connectivity index (χ0) is 32.3. The summed E-state index contributed by atoms with van der Waals surface area (Å²) in [6.45, 7) is 7.92. The van der Waals surface area contributed by atoms with Crippen molar-refractivity contribution >= 4 is 61.6 Å². The highest BCUT2D eigenvalue weighted by atomic mass is 32.2. The first-order valence-electron chi connectivity index (χ1n) is 14.9. The molecule has 0 atom stereocenters. The van der Waals surface area contributed by atoms with Gasteiger partial charge in [-0.1, -0.05) is 18.6 Å². The molecule has 5 rings (SSSR count). The highest BCUT2D eigenvalue weighted by Gasteiger charge is 2.23. The fourth-order valence-corrected chi connectivity index (χ4v) is 5.94. The van der Waals surface area contributed by atoms with Gasteiger partial charge >= 0.3 is 0 Å². The van der Waals surface area contributed by atoms with Crippen LogP contribution < -0.4 is 30.3 Å². The smallest absolute Gasteiger partial charge is 0.232 e. The first-order valence-corrected chi connectivity index (χ1v) is 16.8. The topological polar surface area (TPSA) is 151 Å². The Bertz CT molecular complexity index is 1830. The predicted molar refractivity (Wildman–Crippen MR) is 183 cm³/mol. The van der Waals surface area contributed by atoms with Crippen LogP contribution in [0.25, 0.3) is 17.1 Å². The van der Waals surface area contributed by atoms with Crippen molar-refractivity contribution in [2.45, 2.75) is 46.1 Å². The summed E-state index contributed by atoms with van der Waals surface area (Å²) in [6.07, 6.45) is 10.7. The lowest BCUT2D eigenvalue weighted by molar-refractivity contribution is 0.416. The monoisotopic (exact) mass is 631 g/mol. The summed E-state index contributed by atoms with van der Waals surface area (Å²) < 4.78 is 32.4. The summed E-state index contributed by atoms with van der Waals surface area (Å²) in [7, 11) is -0.482. The zero-order valence-electron chi connectivity index (χ0n) is 26.6. The fraction of sp³-hybridized carbons (Fsp3) is 0.375. The Hall–Kier alpha value is -4.49. The number of benzene rings is 2. The van der Waals surface area contributed by atoms with Crippen LogP contribution in [0.3, 0.4) is 0 Å². The molecule has 4 aromatic rings. The maximum absolute atomic E-state index is 12.7. The number of aromatic nitrogens is 4. The third-order valence-electron chi connectivity index (χ3n) is 7.85. The number of ether oxygens (including phenoxy) is 1. The minimum atomic E-state index is -3.62. The highest BCUT2D eigenvalue weighted by Crippen LogP contribution is 2.38. The van der Waals surface area contributed by atoms with E-state index in [0.717, 1.165) is 61.1 Å². The van der Waals surface area contributed by atoms with Crippen LogP contribution in [0.5, 0.6) is 5.75 Å².